The summed E-state index contributed by atoms with van der Waals surface area (Å²) in [6.07, 6.45) is 4.66. The zero-order chi connectivity index (χ0) is 12.2. The van der Waals surface area contributed by atoms with Gasteiger partial charge in [-0.3, -0.25) is 4.79 Å². The van der Waals surface area contributed by atoms with Crippen LogP contribution in [-0.4, -0.2) is 18.5 Å². The van der Waals surface area contributed by atoms with Gasteiger partial charge in [-0.25, -0.2) is 0 Å². The summed E-state index contributed by atoms with van der Waals surface area (Å²) in [6, 6.07) is 0. The monoisotopic (exact) mass is 246 g/mol. The summed E-state index contributed by atoms with van der Waals surface area (Å²) >= 11 is 5.89. The number of carbonyl (C=O) groups is 1. The molecule has 1 rings (SSSR count). The third-order valence-electron chi connectivity index (χ3n) is 4.02. The van der Waals surface area contributed by atoms with E-state index >= 15 is 0 Å². The van der Waals surface area contributed by atoms with Crippen molar-refractivity contribution >= 4 is 16.8 Å². The zero-order valence-electron chi connectivity index (χ0n) is 10.6. The summed E-state index contributed by atoms with van der Waals surface area (Å²) in [5.41, 5.74) is -0.464. The Morgan fingerprint density at radius 1 is 1.44 bits per heavy atom. The minimum atomic E-state index is -0.464. The van der Waals surface area contributed by atoms with Gasteiger partial charge in [0.15, 0.2) is 0 Å². The maximum Gasteiger partial charge on any atom is 0.230 e. The van der Waals surface area contributed by atoms with E-state index in [0.29, 0.717) is 19.1 Å². The second kappa shape index (κ2) is 6.02. The number of hydrogen-bond acceptors (Lipinski definition) is 2. The molecule has 1 unspecified atom stereocenters. The van der Waals surface area contributed by atoms with Gasteiger partial charge in [-0.15, -0.1) is 0 Å². The molecule has 1 fully saturated rings. The summed E-state index contributed by atoms with van der Waals surface area (Å²) < 4.78 is 5.53. The van der Waals surface area contributed by atoms with Crippen molar-refractivity contribution in [3.63, 3.8) is 0 Å². The van der Waals surface area contributed by atoms with Crippen LogP contribution in [0.25, 0.3) is 0 Å². The van der Waals surface area contributed by atoms with Crippen LogP contribution >= 0.6 is 11.6 Å². The van der Waals surface area contributed by atoms with E-state index in [-0.39, 0.29) is 11.2 Å². The molecule has 0 aromatic heterocycles. The summed E-state index contributed by atoms with van der Waals surface area (Å²) in [7, 11) is 0. The molecule has 0 amide bonds. The van der Waals surface area contributed by atoms with E-state index in [2.05, 4.69) is 13.8 Å². The number of carbonyl (C=O) groups excluding carboxylic acids is 1. The number of halogens is 1. The first-order valence-electron chi connectivity index (χ1n) is 6.33. The van der Waals surface area contributed by atoms with Crippen molar-refractivity contribution in [3.05, 3.63) is 0 Å². The van der Waals surface area contributed by atoms with Crippen molar-refractivity contribution in [2.45, 2.75) is 46.5 Å². The smallest absolute Gasteiger partial charge is 0.230 e. The van der Waals surface area contributed by atoms with E-state index in [4.69, 9.17) is 16.3 Å². The Hall–Kier alpha value is -0.0800. The molecule has 0 heterocycles. The Balaban J connectivity index is 2.90. The van der Waals surface area contributed by atoms with Crippen LogP contribution in [0.2, 0.25) is 0 Å². The summed E-state index contributed by atoms with van der Waals surface area (Å²) in [6.45, 7) is 7.24. The fourth-order valence-electron chi connectivity index (χ4n) is 2.91. The quantitative estimate of drug-likeness (QED) is 0.669. The van der Waals surface area contributed by atoms with E-state index in [0.717, 1.165) is 12.8 Å². The van der Waals surface area contributed by atoms with Crippen LogP contribution in [0.15, 0.2) is 0 Å². The van der Waals surface area contributed by atoms with Crippen molar-refractivity contribution in [1.29, 1.82) is 0 Å². The van der Waals surface area contributed by atoms with Crippen LogP contribution in [0.4, 0.5) is 0 Å². The van der Waals surface area contributed by atoms with Crippen molar-refractivity contribution < 1.29 is 9.53 Å². The van der Waals surface area contributed by atoms with Crippen molar-refractivity contribution in [3.8, 4) is 0 Å². The van der Waals surface area contributed by atoms with Crippen LogP contribution < -0.4 is 0 Å². The molecule has 0 N–H and O–H groups in total. The van der Waals surface area contributed by atoms with Crippen molar-refractivity contribution in [2.75, 3.05) is 13.2 Å². The molecule has 0 aliphatic heterocycles. The van der Waals surface area contributed by atoms with Crippen LogP contribution in [0.3, 0.4) is 0 Å². The van der Waals surface area contributed by atoms with Crippen LogP contribution in [0.5, 0.6) is 0 Å². The topological polar surface area (TPSA) is 26.3 Å². The van der Waals surface area contributed by atoms with Crippen molar-refractivity contribution in [2.24, 2.45) is 17.3 Å². The average molecular weight is 247 g/mol. The first kappa shape index (κ1) is 14.0. The SMILES string of the molecule is CCOCC(C(=O)Cl)(C(C)C)C1CCCC1. The molecule has 94 valence electrons. The Kier molecular flexibility index (Phi) is 5.26. The van der Waals surface area contributed by atoms with Crippen LogP contribution in [0.1, 0.15) is 46.5 Å². The van der Waals surface area contributed by atoms with E-state index in [1.807, 2.05) is 6.92 Å². The van der Waals surface area contributed by atoms with Gasteiger partial charge in [0.05, 0.1) is 12.0 Å². The van der Waals surface area contributed by atoms with Gasteiger partial charge in [-0.2, -0.15) is 0 Å². The molecule has 1 aliphatic carbocycles. The molecule has 0 radical (unpaired) electrons. The fraction of sp³-hybridized carbons (Fsp3) is 0.923. The fourth-order valence-corrected chi connectivity index (χ4v) is 3.34. The van der Waals surface area contributed by atoms with Gasteiger partial charge >= 0.3 is 0 Å². The lowest BCUT2D eigenvalue weighted by molar-refractivity contribution is -0.132. The molecular weight excluding hydrogens is 224 g/mol. The Bertz CT molecular complexity index is 234. The highest BCUT2D eigenvalue weighted by Gasteiger charge is 2.48. The van der Waals surface area contributed by atoms with Crippen LogP contribution in [0, 0.1) is 17.3 Å². The summed E-state index contributed by atoms with van der Waals surface area (Å²) in [5, 5.41) is -0.206. The lowest BCUT2D eigenvalue weighted by Crippen LogP contribution is -2.44. The largest absolute Gasteiger partial charge is 0.381 e. The average Bonchev–Trinajstić information content (AvgIpc) is 2.71. The van der Waals surface area contributed by atoms with E-state index in [9.17, 15) is 4.79 Å². The first-order chi connectivity index (χ1) is 7.55. The molecule has 0 saturated heterocycles. The van der Waals surface area contributed by atoms with Gasteiger partial charge in [0.2, 0.25) is 5.24 Å². The zero-order valence-corrected chi connectivity index (χ0v) is 11.3. The predicted molar refractivity (Wildman–Crippen MR) is 66.6 cm³/mol. The highest BCUT2D eigenvalue weighted by Crippen LogP contribution is 2.46. The minimum absolute atomic E-state index is 0.206. The van der Waals surface area contributed by atoms with E-state index in [1.165, 1.54) is 12.8 Å². The molecule has 0 spiro atoms. The van der Waals surface area contributed by atoms with Gasteiger partial charge in [0.25, 0.3) is 0 Å². The predicted octanol–water partition coefficient (Wildman–Crippen LogP) is 3.62. The normalized spacial score (nSPS) is 21.3. The first-order valence-corrected chi connectivity index (χ1v) is 6.71. The second-order valence-corrected chi connectivity index (χ2v) is 5.43. The standard InChI is InChI=1S/C13H23ClO2/c1-4-16-9-13(10(2)3,12(14)15)11-7-5-6-8-11/h10-11H,4-9H2,1-3H3. The summed E-state index contributed by atoms with van der Waals surface area (Å²) in [4.78, 5) is 11.9. The maximum absolute atomic E-state index is 11.9. The summed E-state index contributed by atoms with van der Waals surface area (Å²) in [5.74, 6) is 0.649. The third-order valence-corrected chi connectivity index (χ3v) is 4.38. The van der Waals surface area contributed by atoms with Gasteiger partial charge in [-0.1, -0.05) is 26.7 Å². The Morgan fingerprint density at radius 3 is 2.38 bits per heavy atom. The molecule has 1 saturated carbocycles. The van der Waals surface area contributed by atoms with Gasteiger partial charge < -0.3 is 4.74 Å². The molecule has 1 atom stereocenters. The minimum Gasteiger partial charge on any atom is -0.381 e. The second-order valence-electron chi connectivity index (χ2n) is 5.09. The van der Waals surface area contributed by atoms with Gasteiger partial charge in [0.1, 0.15) is 0 Å². The maximum atomic E-state index is 11.9. The molecule has 0 aromatic carbocycles. The number of rotatable bonds is 6. The lowest BCUT2D eigenvalue weighted by Gasteiger charge is -2.39. The van der Waals surface area contributed by atoms with E-state index in [1.54, 1.807) is 0 Å². The van der Waals surface area contributed by atoms with E-state index < -0.39 is 5.41 Å². The molecule has 2 nitrogen and oxygen atoms in total. The highest BCUT2D eigenvalue weighted by molar-refractivity contribution is 6.64. The number of ether oxygens (including phenoxy) is 1. The number of hydrogen-bond donors (Lipinski definition) is 0. The molecule has 0 aromatic rings. The highest BCUT2D eigenvalue weighted by atomic mass is 35.5. The Morgan fingerprint density at radius 2 is 2.00 bits per heavy atom. The molecule has 0 bridgehead atoms. The van der Waals surface area contributed by atoms with Gasteiger partial charge in [-0.05, 0) is 43.2 Å². The Labute approximate surface area is 104 Å². The molecule has 16 heavy (non-hydrogen) atoms. The van der Waals surface area contributed by atoms with Gasteiger partial charge in [0, 0.05) is 6.61 Å². The molecule has 1 aliphatic rings. The lowest BCUT2D eigenvalue weighted by atomic mass is 9.68. The molecule has 3 heteroatoms. The van der Waals surface area contributed by atoms with Crippen LogP contribution in [-0.2, 0) is 9.53 Å². The third kappa shape index (κ3) is 2.60. The van der Waals surface area contributed by atoms with Crippen molar-refractivity contribution in [1.82, 2.24) is 0 Å². The molecular formula is C13H23ClO2.